The van der Waals surface area contributed by atoms with Crippen LogP contribution in [0.5, 0.6) is 0 Å². The maximum absolute atomic E-state index is 10.5. The zero-order valence-electron chi connectivity index (χ0n) is 29.5. The molecule has 254 valence electrons. The van der Waals surface area contributed by atoms with Crippen LogP contribution in [0.4, 0.5) is 0 Å². The molecule has 3 aromatic heterocycles. The summed E-state index contributed by atoms with van der Waals surface area (Å²) < 4.78 is 6.84. The van der Waals surface area contributed by atoms with Crippen LogP contribution in [-0.2, 0) is 0 Å². The molecule has 3 heterocycles. The molecule has 11 rings (SSSR count). The summed E-state index contributed by atoms with van der Waals surface area (Å²) in [5, 5.41) is 27.4. The van der Waals surface area contributed by atoms with Gasteiger partial charge in [0.05, 0.1) is 61.7 Å². The third-order valence-corrected chi connectivity index (χ3v) is 11.1. The van der Waals surface area contributed by atoms with Gasteiger partial charge in [-0.1, -0.05) is 97.1 Å². The first-order valence-corrected chi connectivity index (χ1v) is 18.3. The van der Waals surface area contributed by atoms with Crippen molar-refractivity contribution in [3.8, 4) is 40.3 Å². The standard InChI is InChI=1S/C50H29N5/c51-30-32-20-27-46-41(28-32)50-47(54-44-16-7-3-12-39(44)40-13-4-8-17-45(40)54)18-9-19-48(50)55(46)49-29-34(21-22-35(49)31-52)33-23-25-36(26-24-33)53-42-14-5-1-10-37(42)38-11-2-6-15-43(38)53/h1-29H. The summed E-state index contributed by atoms with van der Waals surface area (Å²) >= 11 is 0. The second kappa shape index (κ2) is 11.8. The normalized spacial score (nSPS) is 11.6. The van der Waals surface area contributed by atoms with Crippen LogP contribution in [0.15, 0.2) is 176 Å². The fourth-order valence-electron chi connectivity index (χ4n) is 8.74. The lowest BCUT2D eigenvalue weighted by molar-refractivity contribution is 1.16. The van der Waals surface area contributed by atoms with Crippen molar-refractivity contribution in [2.24, 2.45) is 0 Å². The van der Waals surface area contributed by atoms with Crippen molar-refractivity contribution in [2.45, 2.75) is 0 Å². The fraction of sp³-hybridized carbons (Fsp3) is 0. The molecule has 55 heavy (non-hydrogen) atoms. The third kappa shape index (κ3) is 4.45. The zero-order valence-corrected chi connectivity index (χ0v) is 29.5. The van der Waals surface area contributed by atoms with E-state index in [1.807, 2.05) is 30.3 Å². The van der Waals surface area contributed by atoms with Crippen LogP contribution < -0.4 is 0 Å². The van der Waals surface area contributed by atoms with E-state index in [9.17, 15) is 10.5 Å². The average Bonchev–Trinajstić information content (AvgIpc) is 3.89. The van der Waals surface area contributed by atoms with Crippen molar-refractivity contribution in [3.63, 3.8) is 0 Å². The minimum atomic E-state index is 0.566. The summed E-state index contributed by atoms with van der Waals surface area (Å²) in [6.07, 6.45) is 0. The first kappa shape index (κ1) is 30.7. The molecule has 5 nitrogen and oxygen atoms in total. The summed E-state index contributed by atoms with van der Waals surface area (Å²) in [4.78, 5) is 0. The van der Waals surface area contributed by atoms with Crippen LogP contribution >= 0.6 is 0 Å². The Labute approximate surface area is 316 Å². The van der Waals surface area contributed by atoms with Gasteiger partial charge in [-0.2, -0.15) is 10.5 Å². The van der Waals surface area contributed by atoms with E-state index in [0.29, 0.717) is 11.1 Å². The van der Waals surface area contributed by atoms with E-state index in [1.54, 1.807) is 0 Å². The Bertz CT molecular complexity index is 3350. The molecule has 5 heteroatoms. The number of benzene rings is 8. The number of nitriles is 2. The minimum Gasteiger partial charge on any atom is -0.309 e. The number of fused-ring (bicyclic) bond motifs is 9. The summed E-state index contributed by atoms with van der Waals surface area (Å²) in [6.45, 7) is 0. The molecule has 0 fully saturated rings. The van der Waals surface area contributed by atoms with Crippen molar-refractivity contribution in [2.75, 3.05) is 0 Å². The van der Waals surface area contributed by atoms with Crippen molar-refractivity contribution < 1.29 is 0 Å². The summed E-state index contributed by atoms with van der Waals surface area (Å²) in [6, 6.07) is 65.9. The molecule has 0 N–H and O–H groups in total. The van der Waals surface area contributed by atoms with Crippen LogP contribution in [0.1, 0.15) is 11.1 Å². The van der Waals surface area contributed by atoms with Gasteiger partial charge in [-0.05, 0) is 90.0 Å². The van der Waals surface area contributed by atoms with E-state index in [0.717, 1.165) is 61.0 Å². The highest BCUT2D eigenvalue weighted by atomic mass is 15.0. The first-order valence-electron chi connectivity index (χ1n) is 18.3. The molecular weight excluding hydrogens is 671 g/mol. The van der Waals surface area contributed by atoms with E-state index in [1.165, 1.54) is 32.6 Å². The minimum absolute atomic E-state index is 0.566. The van der Waals surface area contributed by atoms with Gasteiger partial charge in [0.15, 0.2) is 0 Å². The van der Waals surface area contributed by atoms with E-state index in [-0.39, 0.29) is 0 Å². The van der Waals surface area contributed by atoms with Crippen molar-refractivity contribution >= 4 is 65.4 Å². The molecule has 0 aliphatic rings. The van der Waals surface area contributed by atoms with Crippen LogP contribution in [0.3, 0.4) is 0 Å². The second-order valence-corrected chi connectivity index (χ2v) is 14.0. The maximum Gasteiger partial charge on any atom is 0.101 e. The largest absolute Gasteiger partial charge is 0.309 e. The highest BCUT2D eigenvalue weighted by Gasteiger charge is 2.21. The molecule has 0 aliphatic carbocycles. The second-order valence-electron chi connectivity index (χ2n) is 14.0. The van der Waals surface area contributed by atoms with Gasteiger partial charge in [0.25, 0.3) is 0 Å². The number of hydrogen-bond donors (Lipinski definition) is 0. The zero-order chi connectivity index (χ0) is 36.6. The number of rotatable bonds is 4. The lowest BCUT2D eigenvalue weighted by Gasteiger charge is -2.14. The van der Waals surface area contributed by atoms with Gasteiger partial charge in [0.1, 0.15) is 6.07 Å². The number of nitrogens with zero attached hydrogens (tertiary/aromatic N) is 5. The average molecular weight is 700 g/mol. The Hall–Kier alpha value is -7.86. The summed E-state index contributed by atoms with van der Waals surface area (Å²) in [5.74, 6) is 0. The first-order chi connectivity index (χ1) is 27.2. The topological polar surface area (TPSA) is 62.4 Å². The molecule has 0 saturated heterocycles. The van der Waals surface area contributed by atoms with Gasteiger partial charge in [-0.3, -0.25) is 0 Å². The fourth-order valence-corrected chi connectivity index (χ4v) is 8.74. The summed E-state index contributed by atoms with van der Waals surface area (Å²) in [5.41, 5.74) is 12.5. The van der Waals surface area contributed by atoms with E-state index < -0.39 is 0 Å². The van der Waals surface area contributed by atoms with E-state index in [4.69, 9.17) is 0 Å². The van der Waals surface area contributed by atoms with Gasteiger partial charge in [0.2, 0.25) is 0 Å². The Balaban J connectivity index is 1.13. The molecule has 0 bridgehead atoms. The maximum atomic E-state index is 10.5. The van der Waals surface area contributed by atoms with Crippen LogP contribution in [0.2, 0.25) is 0 Å². The predicted molar refractivity (Wildman–Crippen MR) is 224 cm³/mol. The van der Waals surface area contributed by atoms with Crippen LogP contribution in [-0.4, -0.2) is 13.7 Å². The van der Waals surface area contributed by atoms with Gasteiger partial charge < -0.3 is 13.7 Å². The Morgan fingerprint density at radius 3 is 1.44 bits per heavy atom. The predicted octanol–water partition coefficient (Wildman–Crippen LogP) is 12.4. The Kier molecular flexibility index (Phi) is 6.61. The number of para-hydroxylation sites is 4. The molecule has 0 aliphatic heterocycles. The highest BCUT2D eigenvalue weighted by Crippen LogP contribution is 2.41. The lowest BCUT2D eigenvalue weighted by Crippen LogP contribution is -1.99. The van der Waals surface area contributed by atoms with Crippen molar-refractivity contribution in [3.05, 3.63) is 187 Å². The van der Waals surface area contributed by atoms with Crippen LogP contribution in [0, 0.1) is 22.7 Å². The molecular formula is C50H29N5. The molecule has 0 unspecified atom stereocenters. The molecule has 8 aromatic carbocycles. The van der Waals surface area contributed by atoms with Crippen molar-refractivity contribution in [1.82, 2.24) is 13.7 Å². The quantitative estimate of drug-likeness (QED) is 0.184. The molecule has 0 radical (unpaired) electrons. The monoisotopic (exact) mass is 699 g/mol. The third-order valence-electron chi connectivity index (χ3n) is 11.1. The SMILES string of the molecule is N#Cc1ccc2c(c1)c1c(-n3c4ccccc4c4ccccc43)cccc1n2-c1cc(-c2ccc(-n3c4ccccc4c4ccccc43)cc2)ccc1C#N. The molecule has 0 saturated carbocycles. The smallest absolute Gasteiger partial charge is 0.101 e. The molecule has 0 amide bonds. The lowest BCUT2D eigenvalue weighted by atomic mass is 10.0. The van der Waals surface area contributed by atoms with E-state index in [2.05, 4.69) is 171 Å². The molecule has 0 atom stereocenters. The number of aromatic nitrogens is 3. The van der Waals surface area contributed by atoms with E-state index >= 15 is 0 Å². The van der Waals surface area contributed by atoms with Crippen LogP contribution in [0.25, 0.3) is 93.6 Å². The Morgan fingerprint density at radius 2 is 0.855 bits per heavy atom. The molecule has 11 aromatic rings. The number of hydrogen-bond acceptors (Lipinski definition) is 2. The molecule has 0 spiro atoms. The van der Waals surface area contributed by atoms with Gasteiger partial charge in [-0.15, -0.1) is 0 Å². The van der Waals surface area contributed by atoms with Gasteiger partial charge in [-0.25, -0.2) is 0 Å². The van der Waals surface area contributed by atoms with Gasteiger partial charge >= 0.3 is 0 Å². The highest BCUT2D eigenvalue weighted by molar-refractivity contribution is 6.17. The summed E-state index contributed by atoms with van der Waals surface area (Å²) in [7, 11) is 0. The Morgan fingerprint density at radius 1 is 0.345 bits per heavy atom. The van der Waals surface area contributed by atoms with Gasteiger partial charge in [0, 0.05) is 38.0 Å². The van der Waals surface area contributed by atoms with Crippen molar-refractivity contribution in [1.29, 1.82) is 10.5 Å².